The molecule has 3 atom stereocenters. The normalized spacial score (nSPS) is 29.5. The van der Waals surface area contributed by atoms with E-state index in [-0.39, 0.29) is 6.04 Å². The molecule has 0 aromatic carbocycles. The van der Waals surface area contributed by atoms with Gasteiger partial charge in [-0.2, -0.15) is 0 Å². The molecule has 102 valence electrons. The first-order chi connectivity index (χ1) is 8.43. The summed E-state index contributed by atoms with van der Waals surface area (Å²) in [6.07, 6.45) is 7.55. The van der Waals surface area contributed by atoms with Crippen molar-refractivity contribution in [1.29, 1.82) is 0 Å². The van der Waals surface area contributed by atoms with Gasteiger partial charge in [-0.1, -0.05) is 20.8 Å². The van der Waals surface area contributed by atoms with Crippen molar-refractivity contribution in [1.82, 2.24) is 9.55 Å². The molecule has 3 unspecified atom stereocenters. The van der Waals surface area contributed by atoms with Gasteiger partial charge in [-0.3, -0.25) is 0 Å². The Morgan fingerprint density at radius 2 is 2.11 bits per heavy atom. The molecule has 3 heteroatoms. The van der Waals surface area contributed by atoms with Crippen molar-refractivity contribution in [3.8, 4) is 0 Å². The second-order valence-electron chi connectivity index (χ2n) is 6.72. The quantitative estimate of drug-likeness (QED) is 0.875. The summed E-state index contributed by atoms with van der Waals surface area (Å²) in [5.74, 6) is 2.38. The number of nitrogens with two attached hydrogens (primary N) is 1. The first kappa shape index (κ1) is 13.6. The molecule has 1 saturated carbocycles. The van der Waals surface area contributed by atoms with Crippen LogP contribution in [0.5, 0.6) is 0 Å². The fourth-order valence-electron chi connectivity index (χ4n) is 3.19. The standard InChI is InChI=1S/C15H27N3/c1-5-18-9-8-17-14(18)12-10-11(15(2,3)4)6-7-13(12)16/h8-9,11-13H,5-7,10,16H2,1-4H3. The van der Waals surface area contributed by atoms with Crippen molar-refractivity contribution >= 4 is 0 Å². The van der Waals surface area contributed by atoms with Crippen LogP contribution in [0.3, 0.4) is 0 Å². The van der Waals surface area contributed by atoms with Crippen molar-refractivity contribution in [2.75, 3.05) is 0 Å². The van der Waals surface area contributed by atoms with E-state index in [1.54, 1.807) is 0 Å². The molecule has 0 saturated heterocycles. The van der Waals surface area contributed by atoms with Crippen LogP contribution in [0.25, 0.3) is 0 Å². The maximum atomic E-state index is 6.35. The van der Waals surface area contributed by atoms with Crippen molar-refractivity contribution in [2.24, 2.45) is 17.1 Å². The summed E-state index contributed by atoms with van der Waals surface area (Å²) in [5, 5.41) is 0. The van der Waals surface area contributed by atoms with Gasteiger partial charge in [-0.05, 0) is 37.5 Å². The van der Waals surface area contributed by atoms with Crippen LogP contribution < -0.4 is 5.73 Å². The van der Waals surface area contributed by atoms with Crippen LogP contribution in [0.2, 0.25) is 0 Å². The molecule has 18 heavy (non-hydrogen) atoms. The lowest BCUT2D eigenvalue weighted by molar-refractivity contribution is 0.150. The second kappa shape index (κ2) is 5.04. The molecule has 1 aliphatic rings. The number of rotatable bonds is 2. The SMILES string of the molecule is CCn1ccnc1C1CC(C(C)(C)C)CCC1N. The lowest BCUT2D eigenvalue weighted by Crippen LogP contribution is -2.39. The van der Waals surface area contributed by atoms with Crippen LogP contribution in [-0.2, 0) is 6.54 Å². The molecule has 0 amide bonds. The zero-order valence-corrected chi connectivity index (χ0v) is 12.2. The highest BCUT2D eigenvalue weighted by molar-refractivity contribution is 5.07. The van der Waals surface area contributed by atoms with Gasteiger partial charge in [0, 0.05) is 30.9 Å². The zero-order chi connectivity index (χ0) is 13.3. The van der Waals surface area contributed by atoms with E-state index in [0.29, 0.717) is 11.3 Å². The lowest BCUT2D eigenvalue weighted by Gasteiger charge is -2.40. The largest absolute Gasteiger partial charge is 0.335 e. The molecule has 0 aliphatic heterocycles. The van der Waals surface area contributed by atoms with Crippen LogP contribution in [0.15, 0.2) is 12.4 Å². The molecule has 0 radical (unpaired) electrons. The Labute approximate surface area is 111 Å². The minimum atomic E-state index is 0.274. The minimum absolute atomic E-state index is 0.274. The van der Waals surface area contributed by atoms with Crippen molar-refractivity contribution in [3.05, 3.63) is 18.2 Å². The predicted octanol–water partition coefficient (Wildman–Crippen LogP) is 3.16. The summed E-state index contributed by atoms with van der Waals surface area (Å²) in [6.45, 7) is 10.2. The fraction of sp³-hybridized carbons (Fsp3) is 0.800. The number of aryl methyl sites for hydroxylation is 1. The second-order valence-corrected chi connectivity index (χ2v) is 6.72. The van der Waals surface area contributed by atoms with Crippen LogP contribution >= 0.6 is 0 Å². The smallest absolute Gasteiger partial charge is 0.113 e. The average Bonchev–Trinajstić information content (AvgIpc) is 2.76. The molecule has 2 rings (SSSR count). The third kappa shape index (κ3) is 2.61. The van der Waals surface area contributed by atoms with Gasteiger partial charge in [0.2, 0.25) is 0 Å². The number of aromatic nitrogens is 2. The van der Waals surface area contributed by atoms with Crippen molar-refractivity contribution in [2.45, 2.75) is 65.5 Å². The van der Waals surface area contributed by atoms with Gasteiger partial charge in [-0.25, -0.2) is 4.98 Å². The summed E-state index contributed by atoms with van der Waals surface area (Å²) < 4.78 is 2.25. The summed E-state index contributed by atoms with van der Waals surface area (Å²) in [6, 6.07) is 0.274. The van der Waals surface area contributed by atoms with Gasteiger partial charge < -0.3 is 10.3 Å². The molecule has 1 aromatic rings. The number of hydrogen-bond donors (Lipinski definition) is 1. The van der Waals surface area contributed by atoms with Gasteiger partial charge in [0.15, 0.2) is 0 Å². The Morgan fingerprint density at radius 3 is 2.72 bits per heavy atom. The summed E-state index contributed by atoms with van der Waals surface area (Å²) in [7, 11) is 0. The Bertz CT molecular complexity index is 389. The molecular weight excluding hydrogens is 222 g/mol. The van der Waals surface area contributed by atoms with E-state index in [9.17, 15) is 0 Å². The van der Waals surface area contributed by atoms with Crippen molar-refractivity contribution in [3.63, 3.8) is 0 Å². The van der Waals surface area contributed by atoms with Gasteiger partial charge in [0.05, 0.1) is 0 Å². The zero-order valence-electron chi connectivity index (χ0n) is 12.2. The first-order valence-corrected chi connectivity index (χ1v) is 7.20. The summed E-state index contributed by atoms with van der Waals surface area (Å²) >= 11 is 0. The molecule has 1 heterocycles. The van der Waals surface area contributed by atoms with E-state index < -0.39 is 0 Å². The van der Waals surface area contributed by atoms with E-state index in [4.69, 9.17) is 5.73 Å². The van der Waals surface area contributed by atoms with Crippen LogP contribution in [0, 0.1) is 11.3 Å². The van der Waals surface area contributed by atoms with Crippen molar-refractivity contribution < 1.29 is 0 Å². The maximum Gasteiger partial charge on any atom is 0.113 e. The highest BCUT2D eigenvalue weighted by atomic mass is 15.1. The van der Waals surface area contributed by atoms with Gasteiger partial charge in [0.25, 0.3) is 0 Å². The Morgan fingerprint density at radius 1 is 1.39 bits per heavy atom. The van der Waals surface area contributed by atoms with E-state index >= 15 is 0 Å². The predicted molar refractivity (Wildman–Crippen MR) is 75.4 cm³/mol. The van der Waals surface area contributed by atoms with Gasteiger partial charge in [0.1, 0.15) is 5.82 Å². The maximum absolute atomic E-state index is 6.35. The number of nitrogens with zero attached hydrogens (tertiary/aromatic N) is 2. The number of hydrogen-bond acceptors (Lipinski definition) is 2. The molecule has 2 N–H and O–H groups in total. The molecule has 1 fully saturated rings. The van der Waals surface area contributed by atoms with Gasteiger partial charge >= 0.3 is 0 Å². The van der Waals surface area contributed by atoms with Crippen LogP contribution in [-0.4, -0.2) is 15.6 Å². The average molecular weight is 249 g/mol. The minimum Gasteiger partial charge on any atom is -0.335 e. The first-order valence-electron chi connectivity index (χ1n) is 7.20. The number of imidazole rings is 1. The molecular formula is C15H27N3. The fourth-order valence-corrected chi connectivity index (χ4v) is 3.19. The summed E-state index contributed by atoms with van der Waals surface area (Å²) in [4.78, 5) is 4.56. The van der Waals surface area contributed by atoms with Gasteiger partial charge in [-0.15, -0.1) is 0 Å². The molecule has 3 nitrogen and oxygen atoms in total. The summed E-state index contributed by atoms with van der Waals surface area (Å²) in [5.41, 5.74) is 6.72. The van der Waals surface area contributed by atoms with E-state index in [0.717, 1.165) is 18.9 Å². The van der Waals surface area contributed by atoms with E-state index in [1.165, 1.54) is 18.7 Å². The molecule has 0 spiro atoms. The van der Waals surface area contributed by atoms with Crippen LogP contribution in [0.4, 0.5) is 0 Å². The monoisotopic (exact) mass is 249 g/mol. The third-order valence-corrected chi connectivity index (χ3v) is 4.55. The Kier molecular flexibility index (Phi) is 3.81. The Balaban J connectivity index is 2.20. The van der Waals surface area contributed by atoms with Crippen LogP contribution in [0.1, 0.15) is 58.7 Å². The van der Waals surface area contributed by atoms with E-state index in [2.05, 4.69) is 43.4 Å². The third-order valence-electron chi connectivity index (χ3n) is 4.55. The highest BCUT2D eigenvalue weighted by Gasteiger charge is 2.36. The van der Waals surface area contributed by atoms with E-state index in [1.807, 2.05) is 6.20 Å². The lowest BCUT2D eigenvalue weighted by atomic mass is 9.67. The topological polar surface area (TPSA) is 43.8 Å². The molecule has 0 bridgehead atoms. The molecule has 1 aliphatic carbocycles. The molecule has 1 aromatic heterocycles. The highest BCUT2D eigenvalue weighted by Crippen LogP contribution is 2.43. The Hall–Kier alpha value is -0.830.